The molecule has 0 saturated carbocycles. The van der Waals surface area contributed by atoms with Crippen LogP contribution in [0, 0.1) is 11.3 Å². The van der Waals surface area contributed by atoms with Crippen LogP contribution in [0.15, 0.2) is 29.8 Å². The van der Waals surface area contributed by atoms with Crippen LogP contribution in [-0.4, -0.2) is 11.3 Å². The zero-order valence-electron chi connectivity index (χ0n) is 9.56. The van der Waals surface area contributed by atoms with Gasteiger partial charge in [-0.05, 0) is 17.4 Å². The molecule has 0 bridgehead atoms. The van der Waals surface area contributed by atoms with Crippen LogP contribution in [-0.2, 0) is 4.79 Å². The maximum atomic E-state index is 11.0. The van der Waals surface area contributed by atoms with Crippen molar-refractivity contribution in [3.63, 3.8) is 0 Å². The van der Waals surface area contributed by atoms with Crippen LogP contribution in [0.4, 0.5) is 0 Å². The summed E-state index contributed by atoms with van der Waals surface area (Å²) in [6, 6.07) is 0. The van der Waals surface area contributed by atoms with E-state index in [9.17, 15) is 4.79 Å². The quantitative estimate of drug-likeness (QED) is 0.579. The summed E-state index contributed by atoms with van der Waals surface area (Å²) in [6.07, 6.45) is 5.63. The molecular weight excluding hydrogens is 218 g/mol. The first-order chi connectivity index (χ1) is 7.54. The smallest absolute Gasteiger partial charge is 0.130 e. The molecule has 1 heterocycles. The molecule has 2 rings (SSSR count). The Balaban J connectivity index is 2.48. The lowest BCUT2D eigenvalue weighted by Gasteiger charge is -2.34. The van der Waals surface area contributed by atoms with Gasteiger partial charge in [-0.15, -0.1) is 11.3 Å². The van der Waals surface area contributed by atoms with Crippen LogP contribution in [0.2, 0.25) is 0 Å². The number of aromatic nitrogens is 1. The van der Waals surface area contributed by atoms with Gasteiger partial charge in [0.15, 0.2) is 0 Å². The second-order valence-electron chi connectivity index (χ2n) is 4.80. The lowest BCUT2D eigenvalue weighted by atomic mass is 9.71. The molecule has 1 aromatic rings. The van der Waals surface area contributed by atoms with E-state index in [-0.39, 0.29) is 11.3 Å². The molecule has 0 radical (unpaired) electrons. The molecule has 0 amide bonds. The molecule has 0 saturated heterocycles. The van der Waals surface area contributed by atoms with Crippen LogP contribution in [0.5, 0.6) is 0 Å². The van der Waals surface area contributed by atoms with Gasteiger partial charge in [-0.3, -0.25) is 0 Å². The predicted octanol–water partition coefficient (Wildman–Crippen LogP) is 3.33. The normalized spacial score (nSPS) is 24.0. The Bertz CT molecular complexity index is 443. The number of carbonyl (C=O) groups is 1. The second-order valence-corrected chi connectivity index (χ2v) is 5.69. The molecule has 1 aromatic heterocycles. The third-order valence-electron chi connectivity index (χ3n) is 3.03. The van der Waals surface area contributed by atoms with Crippen LogP contribution >= 0.6 is 11.3 Å². The van der Waals surface area contributed by atoms with E-state index in [2.05, 4.69) is 25.4 Å². The monoisotopic (exact) mass is 233 g/mol. The second kappa shape index (κ2) is 3.98. The Morgan fingerprint density at radius 3 is 2.94 bits per heavy atom. The van der Waals surface area contributed by atoms with Crippen molar-refractivity contribution in [2.75, 3.05) is 0 Å². The van der Waals surface area contributed by atoms with Gasteiger partial charge in [-0.1, -0.05) is 32.1 Å². The minimum atomic E-state index is -0.146. The SMILES string of the molecule is C=C1CC(C)(C)C(c2nccs2)=CC1C=O. The Hall–Kier alpha value is -1.22. The molecule has 1 aliphatic carbocycles. The van der Waals surface area contributed by atoms with Gasteiger partial charge in [0.05, 0.1) is 5.92 Å². The lowest BCUT2D eigenvalue weighted by Crippen LogP contribution is -2.23. The molecule has 84 valence electrons. The molecule has 2 nitrogen and oxygen atoms in total. The van der Waals surface area contributed by atoms with Crippen LogP contribution in [0.3, 0.4) is 0 Å². The van der Waals surface area contributed by atoms with E-state index in [0.717, 1.165) is 23.3 Å². The average Bonchev–Trinajstić information content (AvgIpc) is 2.69. The first-order valence-corrected chi connectivity index (χ1v) is 6.17. The Labute approximate surface area is 99.7 Å². The standard InChI is InChI=1S/C13H15NOS/c1-9-7-13(2,3)11(6-10(9)8-15)12-14-4-5-16-12/h4-6,8,10H,1,7H2,2-3H3. The number of hydrogen-bond acceptors (Lipinski definition) is 3. The Morgan fingerprint density at radius 1 is 1.62 bits per heavy atom. The molecule has 1 atom stereocenters. The molecule has 0 aliphatic heterocycles. The highest BCUT2D eigenvalue weighted by molar-refractivity contribution is 7.10. The first kappa shape index (κ1) is 11.3. The van der Waals surface area contributed by atoms with Crippen molar-refractivity contribution in [3.8, 4) is 0 Å². The van der Waals surface area contributed by atoms with E-state index < -0.39 is 0 Å². The number of nitrogens with zero attached hydrogens (tertiary/aromatic N) is 1. The molecule has 0 fully saturated rings. The maximum Gasteiger partial charge on any atom is 0.130 e. The molecule has 1 unspecified atom stereocenters. The summed E-state index contributed by atoms with van der Waals surface area (Å²) in [5.74, 6) is -0.146. The van der Waals surface area contributed by atoms with Crippen LogP contribution in [0.25, 0.3) is 5.57 Å². The highest BCUT2D eigenvalue weighted by Gasteiger charge is 2.33. The lowest BCUT2D eigenvalue weighted by molar-refractivity contribution is -0.109. The fourth-order valence-corrected chi connectivity index (χ4v) is 3.00. The van der Waals surface area contributed by atoms with E-state index in [4.69, 9.17) is 0 Å². The van der Waals surface area contributed by atoms with Crippen LogP contribution < -0.4 is 0 Å². The van der Waals surface area contributed by atoms with Crippen molar-refractivity contribution in [1.29, 1.82) is 0 Å². The number of rotatable bonds is 2. The highest BCUT2D eigenvalue weighted by atomic mass is 32.1. The van der Waals surface area contributed by atoms with Crippen molar-refractivity contribution >= 4 is 23.2 Å². The third-order valence-corrected chi connectivity index (χ3v) is 3.83. The largest absolute Gasteiger partial charge is 0.302 e. The number of carbonyl (C=O) groups excluding carboxylic acids is 1. The van der Waals surface area contributed by atoms with E-state index in [1.165, 1.54) is 5.57 Å². The minimum Gasteiger partial charge on any atom is -0.302 e. The van der Waals surface area contributed by atoms with E-state index >= 15 is 0 Å². The molecular formula is C13H15NOS. The molecule has 0 aromatic carbocycles. The average molecular weight is 233 g/mol. The van der Waals surface area contributed by atoms with Gasteiger partial charge in [0, 0.05) is 11.6 Å². The Kier molecular flexibility index (Phi) is 2.80. The fourth-order valence-electron chi connectivity index (χ4n) is 2.16. The third kappa shape index (κ3) is 1.87. The van der Waals surface area contributed by atoms with Gasteiger partial charge in [0.1, 0.15) is 11.3 Å². The minimum absolute atomic E-state index is 0.0223. The van der Waals surface area contributed by atoms with Crippen molar-refractivity contribution in [2.24, 2.45) is 11.3 Å². The van der Waals surface area contributed by atoms with Crippen molar-refractivity contribution < 1.29 is 4.79 Å². The fraction of sp³-hybridized carbons (Fsp3) is 0.385. The summed E-state index contributed by atoms with van der Waals surface area (Å²) in [4.78, 5) is 15.3. The number of thiazole rings is 1. The van der Waals surface area contributed by atoms with Crippen molar-refractivity contribution in [3.05, 3.63) is 34.8 Å². The maximum absolute atomic E-state index is 11.0. The summed E-state index contributed by atoms with van der Waals surface area (Å²) in [7, 11) is 0. The summed E-state index contributed by atoms with van der Waals surface area (Å²) in [6.45, 7) is 8.33. The molecule has 0 N–H and O–H groups in total. The zero-order chi connectivity index (χ0) is 11.8. The molecule has 0 spiro atoms. The summed E-state index contributed by atoms with van der Waals surface area (Å²) in [5, 5.41) is 2.98. The van der Waals surface area contributed by atoms with Gasteiger partial charge in [-0.2, -0.15) is 0 Å². The van der Waals surface area contributed by atoms with Gasteiger partial charge in [0.25, 0.3) is 0 Å². The van der Waals surface area contributed by atoms with Gasteiger partial charge >= 0.3 is 0 Å². The van der Waals surface area contributed by atoms with Crippen LogP contribution in [0.1, 0.15) is 25.3 Å². The van der Waals surface area contributed by atoms with Crippen molar-refractivity contribution in [1.82, 2.24) is 4.98 Å². The first-order valence-electron chi connectivity index (χ1n) is 5.30. The molecule has 3 heteroatoms. The number of allylic oxidation sites excluding steroid dienone is 3. The van der Waals surface area contributed by atoms with Gasteiger partial charge in [-0.25, -0.2) is 4.98 Å². The van der Waals surface area contributed by atoms with E-state index in [0.29, 0.717) is 0 Å². The van der Waals surface area contributed by atoms with Gasteiger partial charge in [0.2, 0.25) is 0 Å². The summed E-state index contributed by atoms with van der Waals surface area (Å²) in [5.41, 5.74) is 2.20. The summed E-state index contributed by atoms with van der Waals surface area (Å²) < 4.78 is 0. The predicted molar refractivity (Wildman–Crippen MR) is 67.2 cm³/mol. The number of hydrogen-bond donors (Lipinski definition) is 0. The number of aldehydes is 1. The van der Waals surface area contributed by atoms with E-state index in [1.807, 2.05) is 11.5 Å². The Morgan fingerprint density at radius 2 is 2.38 bits per heavy atom. The zero-order valence-corrected chi connectivity index (χ0v) is 10.4. The molecule has 1 aliphatic rings. The molecule has 16 heavy (non-hydrogen) atoms. The van der Waals surface area contributed by atoms with Crippen molar-refractivity contribution in [2.45, 2.75) is 20.3 Å². The van der Waals surface area contributed by atoms with E-state index in [1.54, 1.807) is 17.5 Å². The highest BCUT2D eigenvalue weighted by Crippen LogP contribution is 2.45. The van der Waals surface area contributed by atoms with Gasteiger partial charge < -0.3 is 4.79 Å². The summed E-state index contributed by atoms with van der Waals surface area (Å²) >= 11 is 1.62. The topological polar surface area (TPSA) is 30.0 Å².